The maximum atomic E-state index is 12.5. The van der Waals surface area contributed by atoms with Gasteiger partial charge in [-0.05, 0) is 31.4 Å². The van der Waals surface area contributed by atoms with Crippen LogP contribution >= 0.6 is 0 Å². The van der Waals surface area contributed by atoms with Crippen molar-refractivity contribution in [1.29, 1.82) is 0 Å². The van der Waals surface area contributed by atoms with Gasteiger partial charge in [-0.3, -0.25) is 4.79 Å². The zero-order valence-electron chi connectivity index (χ0n) is 11.3. The molecule has 104 valence electrons. The van der Waals surface area contributed by atoms with Crippen LogP contribution in [0.3, 0.4) is 0 Å². The summed E-state index contributed by atoms with van der Waals surface area (Å²) in [4.78, 5) is 14.4. The van der Waals surface area contributed by atoms with Gasteiger partial charge in [0.2, 0.25) is 0 Å². The lowest BCUT2D eigenvalue weighted by Crippen LogP contribution is -2.39. The monoisotopic (exact) mass is 263 g/mol. The molecule has 1 aromatic rings. The highest BCUT2D eigenvalue weighted by atomic mass is 16.3. The Balaban J connectivity index is 2.25. The van der Waals surface area contributed by atoms with E-state index >= 15 is 0 Å². The molecule has 1 aliphatic rings. The van der Waals surface area contributed by atoms with Crippen LogP contribution in [0, 0.1) is 0 Å². The molecule has 0 aromatic heterocycles. The first-order valence-electron chi connectivity index (χ1n) is 6.96. The Morgan fingerprint density at radius 3 is 2.53 bits per heavy atom. The van der Waals surface area contributed by atoms with Crippen LogP contribution in [0.1, 0.15) is 49.4 Å². The molecular formula is C15H21NO3. The lowest BCUT2D eigenvalue weighted by atomic mass is 10.1. The Kier molecular flexibility index (Phi) is 4.30. The number of nitrogens with zero attached hydrogens (tertiary/aromatic N) is 1. The third-order valence-electron chi connectivity index (χ3n) is 3.76. The van der Waals surface area contributed by atoms with Crippen LogP contribution in [0.2, 0.25) is 0 Å². The molecule has 1 unspecified atom stereocenters. The highest BCUT2D eigenvalue weighted by Crippen LogP contribution is 2.25. The molecule has 1 fully saturated rings. The molecule has 19 heavy (non-hydrogen) atoms. The maximum absolute atomic E-state index is 12.5. The molecular weight excluding hydrogens is 242 g/mol. The predicted molar refractivity (Wildman–Crippen MR) is 73.4 cm³/mol. The molecule has 4 nitrogen and oxygen atoms in total. The molecule has 0 aliphatic carbocycles. The van der Waals surface area contributed by atoms with Gasteiger partial charge in [-0.2, -0.15) is 0 Å². The van der Waals surface area contributed by atoms with Gasteiger partial charge in [-0.15, -0.1) is 0 Å². The third kappa shape index (κ3) is 3.19. The second kappa shape index (κ2) is 5.95. The number of hydrogen-bond acceptors (Lipinski definition) is 3. The molecule has 4 heteroatoms. The van der Waals surface area contributed by atoms with Crippen LogP contribution in [0.4, 0.5) is 0 Å². The first-order chi connectivity index (χ1) is 9.11. The molecule has 0 bridgehead atoms. The average Bonchev–Trinajstić information content (AvgIpc) is 2.61. The SMILES string of the molecule is CCC1CCCCCN1C(=O)c1cc(O)cc(O)c1. The summed E-state index contributed by atoms with van der Waals surface area (Å²) in [7, 11) is 0. The van der Waals surface area contributed by atoms with E-state index in [4.69, 9.17) is 0 Å². The van der Waals surface area contributed by atoms with Crippen molar-refractivity contribution in [3.05, 3.63) is 23.8 Å². The highest BCUT2D eigenvalue weighted by molar-refractivity contribution is 5.95. The third-order valence-corrected chi connectivity index (χ3v) is 3.76. The van der Waals surface area contributed by atoms with Crippen molar-refractivity contribution < 1.29 is 15.0 Å². The molecule has 1 aromatic carbocycles. The van der Waals surface area contributed by atoms with E-state index in [-0.39, 0.29) is 23.4 Å². The smallest absolute Gasteiger partial charge is 0.254 e. The quantitative estimate of drug-likeness (QED) is 0.862. The van der Waals surface area contributed by atoms with E-state index in [9.17, 15) is 15.0 Å². The van der Waals surface area contributed by atoms with Gasteiger partial charge in [-0.1, -0.05) is 19.8 Å². The van der Waals surface area contributed by atoms with Crippen LogP contribution in [-0.2, 0) is 0 Å². The fraction of sp³-hybridized carbons (Fsp3) is 0.533. The van der Waals surface area contributed by atoms with Crippen molar-refractivity contribution in [3.63, 3.8) is 0 Å². The second-order valence-electron chi connectivity index (χ2n) is 5.15. The summed E-state index contributed by atoms with van der Waals surface area (Å²) in [6.07, 6.45) is 5.32. The highest BCUT2D eigenvalue weighted by Gasteiger charge is 2.25. The normalized spacial score (nSPS) is 20.1. The zero-order chi connectivity index (χ0) is 13.8. The lowest BCUT2D eigenvalue weighted by Gasteiger charge is -2.29. The Labute approximate surface area is 113 Å². The molecule has 2 N–H and O–H groups in total. The minimum absolute atomic E-state index is 0.0776. The van der Waals surface area contributed by atoms with Crippen molar-refractivity contribution in [2.45, 2.75) is 45.1 Å². The fourth-order valence-electron chi connectivity index (χ4n) is 2.75. The van der Waals surface area contributed by atoms with Gasteiger partial charge >= 0.3 is 0 Å². The van der Waals surface area contributed by atoms with Crippen molar-refractivity contribution in [2.24, 2.45) is 0 Å². The minimum Gasteiger partial charge on any atom is -0.508 e. The Bertz CT molecular complexity index is 438. The number of likely N-dealkylation sites (tertiary alicyclic amines) is 1. The molecule has 0 spiro atoms. The van der Waals surface area contributed by atoms with Gasteiger partial charge in [0.1, 0.15) is 11.5 Å². The van der Waals surface area contributed by atoms with E-state index in [1.165, 1.54) is 18.2 Å². The maximum Gasteiger partial charge on any atom is 0.254 e. The van der Waals surface area contributed by atoms with Crippen LogP contribution in [-0.4, -0.2) is 33.6 Å². The summed E-state index contributed by atoms with van der Waals surface area (Å²) < 4.78 is 0. The number of hydrogen-bond donors (Lipinski definition) is 2. The zero-order valence-corrected chi connectivity index (χ0v) is 11.3. The standard InChI is InChI=1S/C15H21NO3/c1-2-12-6-4-3-5-7-16(12)15(19)11-8-13(17)10-14(18)9-11/h8-10,12,17-18H,2-7H2,1H3. The van der Waals surface area contributed by atoms with E-state index in [0.717, 1.165) is 38.6 Å². The molecule has 1 atom stereocenters. The number of carbonyl (C=O) groups excluding carboxylic acids is 1. The van der Waals surface area contributed by atoms with Crippen LogP contribution in [0.15, 0.2) is 18.2 Å². The van der Waals surface area contributed by atoms with Crippen molar-refractivity contribution in [2.75, 3.05) is 6.54 Å². The number of carbonyl (C=O) groups is 1. The van der Waals surface area contributed by atoms with Gasteiger partial charge in [0.15, 0.2) is 0 Å². The summed E-state index contributed by atoms with van der Waals surface area (Å²) in [6, 6.07) is 4.33. The summed E-state index contributed by atoms with van der Waals surface area (Å²) >= 11 is 0. The van der Waals surface area contributed by atoms with E-state index in [2.05, 4.69) is 6.92 Å². The first-order valence-corrected chi connectivity index (χ1v) is 6.96. The average molecular weight is 263 g/mol. The Morgan fingerprint density at radius 1 is 1.21 bits per heavy atom. The van der Waals surface area contributed by atoms with Crippen LogP contribution in [0.5, 0.6) is 11.5 Å². The summed E-state index contributed by atoms with van der Waals surface area (Å²) in [5.41, 5.74) is 0.359. The predicted octanol–water partition coefficient (Wildman–Crippen LogP) is 2.89. The molecule has 1 amide bonds. The molecule has 1 saturated heterocycles. The van der Waals surface area contributed by atoms with E-state index < -0.39 is 0 Å². The molecule has 0 saturated carbocycles. The molecule has 1 heterocycles. The van der Waals surface area contributed by atoms with Gasteiger partial charge in [-0.25, -0.2) is 0 Å². The van der Waals surface area contributed by atoms with E-state index in [1.54, 1.807) is 0 Å². The Hall–Kier alpha value is -1.71. The van der Waals surface area contributed by atoms with E-state index in [1.807, 2.05) is 4.90 Å². The Morgan fingerprint density at radius 2 is 1.89 bits per heavy atom. The molecule has 1 aliphatic heterocycles. The van der Waals surface area contributed by atoms with Crippen LogP contribution in [0.25, 0.3) is 0 Å². The summed E-state index contributed by atoms with van der Waals surface area (Å²) in [5.74, 6) is -0.252. The number of phenols is 2. The van der Waals surface area contributed by atoms with Gasteiger partial charge in [0.05, 0.1) is 0 Å². The lowest BCUT2D eigenvalue weighted by molar-refractivity contribution is 0.0677. The summed E-state index contributed by atoms with van der Waals surface area (Å²) in [6.45, 7) is 2.85. The number of amides is 1. The van der Waals surface area contributed by atoms with Crippen LogP contribution < -0.4 is 0 Å². The fourth-order valence-corrected chi connectivity index (χ4v) is 2.75. The van der Waals surface area contributed by atoms with Gasteiger partial charge < -0.3 is 15.1 Å². The largest absolute Gasteiger partial charge is 0.508 e. The number of rotatable bonds is 2. The topological polar surface area (TPSA) is 60.8 Å². The molecule has 2 rings (SSSR count). The first kappa shape index (κ1) is 13.7. The van der Waals surface area contributed by atoms with Gasteiger partial charge in [0.25, 0.3) is 5.91 Å². The van der Waals surface area contributed by atoms with Crippen molar-refractivity contribution in [3.8, 4) is 11.5 Å². The minimum atomic E-state index is -0.0973. The second-order valence-corrected chi connectivity index (χ2v) is 5.15. The van der Waals surface area contributed by atoms with E-state index in [0.29, 0.717) is 5.56 Å². The summed E-state index contributed by atoms with van der Waals surface area (Å²) in [5, 5.41) is 19.0. The van der Waals surface area contributed by atoms with Crippen molar-refractivity contribution in [1.82, 2.24) is 4.90 Å². The number of benzene rings is 1. The molecule has 0 radical (unpaired) electrons. The van der Waals surface area contributed by atoms with Crippen molar-refractivity contribution >= 4 is 5.91 Å². The number of aromatic hydroxyl groups is 2. The number of phenolic OH excluding ortho intramolecular Hbond substituents is 2. The van der Waals surface area contributed by atoms with Gasteiger partial charge in [0, 0.05) is 24.2 Å².